The minimum atomic E-state index is 0.0735. The molecule has 1 aliphatic rings. The van der Waals surface area contributed by atoms with Crippen molar-refractivity contribution in [2.75, 3.05) is 26.8 Å². The number of hydrogen-bond acceptors (Lipinski definition) is 5. The lowest BCUT2D eigenvalue weighted by atomic mass is 10.2. The molecule has 0 bridgehead atoms. The van der Waals surface area contributed by atoms with Gasteiger partial charge in [0.15, 0.2) is 5.76 Å². The molecule has 6 nitrogen and oxygen atoms in total. The van der Waals surface area contributed by atoms with Crippen molar-refractivity contribution in [2.45, 2.75) is 19.0 Å². The number of carbonyl (C=O) groups is 1. The van der Waals surface area contributed by atoms with E-state index in [1.54, 1.807) is 24.2 Å². The van der Waals surface area contributed by atoms with Gasteiger partial charge in [0.25, 0.3) is 0 Å². The third-order valence-corrected chi connectivity index (χ3v) is 2.73. The van der Waals surface area contributed by atoms with Gasteiger partial charge in [0.1, 0.15) is 0 Å². The molecule has 0 radical (unpaired) electrons. The molecule has 1 aliphatic heterocycles. The van der Waals surface area contributed by atoms with Gasteiger partial charge in [-0.15, -0.1) is 0 Å². The fourth-order valence-electron chi connectivity index (χ4n) is 1.76. The van der Waals surface area contributed by atoms with Gasteiger partial charge in [0.2, 0.25) is 5.91 Å². The van der Waals surface area contributed by atoms with Crippen molar-refractivity contribution in [2.24, 2.45) is 0 Å². The molecular weight excluding hydrogens is 222 g/mol. The van der Waals surface area contributed by atoms with E-state index in [9.17, 15) is 4.79 Å². The molecule has 0 aromatic carbocycles. The molecule has 1 fully saturated rings. The summed E-state index contributed by atoms with van der Waals surface area (Å²) in [5.41, 5.74) is 0. The minimum Gasteiger partial charge on any atom is -0.378 e. The largest absolute Gasteiger partial charge is 0.378 e. The molecule has 6 heteroatoms. The van der Waals surface area contributed by atoms with Gasteiger partial charge in [0.05, 0.1) is 26.0 Å². The van der Waals surface area contributed by atoms with Crippen molar-refractivity contribution in [1.82, 2.24) is 15.4 Å². The van der Waals surface area contributed by atoms with Crippen LogP contribution in [0, 0.1) is 0 Å². The predicted molar refractivity (Wildman–Crippen MR) is 60.2 cm³/mol. The summed E-state index contributed by atoms with van der Waals surface area (Å²) < 4.78 is 10.3. The summed E-state index contributed by atoms with van der Waals surface area (Å²) in [5, 5.41) is 6.86. The first-order valence-electron chi connectivity index (χ1n) is 5.70. The van der Waals surface area contributed by atoms with Crippen LogP contribution < -0.4 is 5.32 Å². The molecule has 1 N–H and O–H groups in total. The Balaban J connectivity index is 1.78. The van der Waals surface area contributed by atoms with Gasteiger partial charge in [-0.05, 0) is 0 Å². The second-order valence-electron chi connectivity index (χ2n) is 4.16. The van der Waals surface area contributed by atoms with Crippen LogP contribution in [0.4, 0.5) is 0 Å². The van der Waals surface area contributed by atoms with Crippen LogP contribution in [0.15, 0.2) is 16.8 Å². The highest BCUT2D eigenvalue weighted by molar-refractivity contribution is 5.76. The number of aromatic nitrogens is 1. The SMILES string of the molecule is CN(Cc1ccno1)C(=O)CC1COCCN1. The van der Waals surface area contributed by atoms with Crippen LogP contribution in [0.1, 0.15) is 12.2 Å². The van der Waals surface area contributed by atoms with Gasteiger partial charge in [-0.25, -0.2) is 0 Å². The highest BCUT2D eigenvalue weighted by Crippen LogP contribution is 2.06. The fraction of sp³-hybridized carbons (Fsp3) is 0.636. The van der Waals surface area contributed by atoms with E-state index in [0.29, 0.717) is 25.3 Å². The fourth-order valence-corrected chi connectivity index (χ4v) is 1.76. The number of ether oxygens (including phenoxy) is 1. The highest BCUT2D eigenvalue weighted by Gasteiger charge is 2.19. The number of hydrogen-bond donors (Lipinski definition) is 1. The monoisotopic (exact) mass is 239 g/mol. The van der Waals surface area contributed by atoms with Gasteiger partial charge in [-0.2, -0.15) is 0 Å². The van der Waals surface area contributed by atoms with Crippen molar-refractivity contribution < 1.29 is 14.1 Å². The smallest absolute Gasteiger partial charge is 0.224 e. The first-order chi connectivity index (χ1) is 8.25. The van der Waals surface area contributed by atoms with E-state index < -0.39 is 0 Å². The number of carbonyl (C=O) groups excluding carboxylic acids is 1. The molecule has 1 atom stereocenters. The van der Waals surface area contributed by atoms with Crippen LogP contribution in [-0.2, 0) is 16.1 Å². The Hall–Kier alpha value is -1.40. The summed E-state index contributed by atoms with van der Waals surface area (Å²) in [6.45, 7) is 2.58. The average Bonchev–Trinajstić information content (AvgIpc) is 2.83. The Bertz CT molecular complexity index is 347. The van der Waals surface area contributed by atoms with Gasteiger partial charge < -0.3 is 19.5 Å². The van der Waals surface area contributed by atoms with Crippen LogP contribution in [-0.4, -0.2) is 48.8 Å². The molecule has 1 aromatic heterocycles. The summed E-state index contributed by atoms with van der Waals surface area (Å²) in [5.74, 6) is 0.762. The van der Waals surface area contributed by atoms with Crippen molar-refractivity contribution in [3.05, 3.63) is 18.0 Å². The van der Waals surface area contributed by atoms with Crippen LogP contribution in [0.5, 0.6) is 0 Å². The Morgan fingerprint density at radius 1 is 1.71 bits per heavy atom. The number of rotatable bonds is 4. The molecule has 94 valence electrons. The van der Waals surface area contributed by atoms with Crippen LogP contribution in [0.3, 0.4) is 0 Å². The predicted octanol–water partition coefficient (Wildman–Crippen LogP) is 0.0115. The quantitative estimate of drug-likeness (QED) is 0.801. The third kappa shape index (κ3) is 3.54. The molecule has 17 heavy (non-hydrogen) atoms. The molecular formula is C11H17N3O3. The standard InChI is InChI=1S/C11H17N3O3/c1-14(7-10-2-3-13-17-10)11(15)6-9-8-16-5-4-12-9/h2-3,9,12H,4-8H2,1H3. The topological polar surface area (TPSA) is 67.6 Å². The lowest BCUT2D eigenvalue weighted by Crippen LogP contribution is -2.44. The molecule has 1 aromatic rings. The van der Waals surface area contributed by atoms with Gasteiger partial charge in [-0.1, -0.05) is 5.16 Å². The van der Waals surface area contributed by atoms with E-state index in [0.717, 1.165) is 13.2 Å². The van der Waals surface area contributed by atoms with E-state index in [2.05, 4.69) is 10.5 Å². The highest BCUT2D eigenvalue weighted by atomic mass is 16.5. The second kappa shape index (κ2) is 5.79. The van der Waals surface area contributed by atoms with E-state index in [-0.39, 0.29) is 11.9 Å². The van der Waals surface area contributed by atoms with Crippen LogP contribution in [0.2, 0.25) is 0 Å². The Labute approximate surface area is 99.9 Å². The Morgan fingerprint density at radius 2 is 2.59 bits per heavy atom. The van der Waals surface area contributed by atoms with Crippen LogP contribution >= 0.6 is 0 Å². The number of morpholine rings is 1. The maximum Gasteiger partial charge on any atom is 0.224 e. The number of nitrogens with zero attached hydrogens (tertiary/aromatic N) is 2. The molecule has 0 saturated carbocycles. The van der Waals surface area contributed by atoms with E-state index in [1.807, 2.05) is 0 Å². The van der Waals surface area contributed by atoms with Crippen LogP contribution in [0.25, 0.3) is 0 Å². The lowest BCUT2D eigenvalue weighted by molar-refractivity contribution is -0.131. The molecule has 1 amide bonds. The van der Waals surface area contributed by atoms with E-state index in [4.69, 9.17) is 9.26 Å². The first kappa shape index (κ1) is 12.1. The van der Waals surface area contributed by atoms with Crippen molar-refractivity contribution in [1.29, 1.82) is 0 Å². The molecule has 0 spiro atoms. The maximum absolute atomic E-state index is 11.9. The molecule has 1 saturated heterocycles. The summed E-state index contributed by atoms with van der Waals surface area (Å²) in [7, 11) is 1.76. The summed E-state index contributed by atoms with van der Waals surface area (Å²) in [6, 6.07) is 1.87. The van der Waals surface area contributed by atoms with Crippen molar-refractivity contribution in [3.8, 4) is 0 Å². The summed E-state index contributed by atoms with van der Waals surface area (Å²) in [4.78, 5) is 13.5. The zero-order valence-electron chi connectivity index (χ0n) is 9.89. The van der Waals surface area contributed by atoms with Gasteiger partial charge in [0, 0.05) is 32.1 Å². The molecule has 2 rings (SSSR count). The molecule has 2 heterocycles. The molecule has 1 unspecified atom stereocenters. The molecule has 0 aliphatic carbocycles. The maximum atomic E-state index is 11.9. The zero-order chi connectivity index (χ0) is 12.1. The van der Waals surface area contributed by atoms with E-state index in [1.165, 1.54) is 0 Å². The Kier molecular flexibility index (Phi) is 4.11. The van der Waals surface area contributed by atoms with Gasteiger partial charge in [-0.3, -0.25) is 4.79 Å². The average molecular weight is 239 g/mol. The lowest BCUT2D eigenvalue weighted by Gasteiger charge is -2.25. The number of nitrogens with one attached hydrogen (secondary N) is 1. The van der Waals surface area contributed by atoms with Crippen molar-refractivity contribution in [3.63, 3.8) is 0 Å². The summed E-state index contributed by atoms with van der Waals surface area (Å²) >= 11 is 0. The minimum absolute atomic E-state index is 0.0735. The first-order valence-corrected chi connectivity index (χ1v) is 5.70. The zero-order valence-corrected chi connectivity index (χ0v) is 9.89. The second-order valence-corrected chi connectivity index (χ2v) is 4.16. The number of amides is 1. The van der Waals surface area contributed by atoms with Crippen molar-refractivity contribution >= 4 is 5.91 Å². The normalized spacial score (nSPS) is 20.2. The van der Waals surface area contributed by atoms with Gasteiger partial charge >= 0.3 is 0 Å². The Morgan fingerprint density at radius 3 is 3.24 bits per heavy atom. The van der Waals surface area contributed by atoms with E-state index >= 15 is 0 Å². The summed E-state index contributed by atoms with van der Waals surface area (Å²) in [6.07, 6.45) is 2.02. The third-order valence-electron chi connectivity index (χ3n) is 2.73.